The van der Waals surface area contributed by atoms with Gasteiger partial charge in [0.15, 0.2) is 5.82 Å². The molecule has 0 atom stereocenters. The number of hydrogen-bond donors (Lipinski definition) is 1. The Morgan fingerprint density at radius 1 is 0.492 bits per heavy atom. The normalized spacial score (nSPS) is 11.9. The Bertz CT molecular complexity index is 3030. The number of para-hydroxylation sites is 2. The average Bonchev–Trinajstić information content (AvgIpc) is 3.66. The number of aryl methyl sites for hydroxylation is 1. The zero-order chi connectivity index (χ0) is 42.5. The van der Waals surface area contributed by atoms with Crippen LogP contribution in [0.3, 0.4) is 0 Å². The molecule has 0 aliphatic carbocycles. The van der Waals surface area contributed by atoms with E-state index in [-0.39, 0.29) is 16.6 Å². The second-order valence-corrected chi connectivity index (χ2v) is 18.0. The van der Waals surface area contributed by atoms with E-state index in [2.05, 4.69) is 186 Å². The number of aromatic hydroxyl groups is 1. The van der Waals surface area contributed by atoms with Crippen molar-refractivity contribution in [3.8, 4) is 78.7 Å². The van der Waals surface area contributed by atoms with Crippen LogP contribution in [0.15, 0.2) is 170 Å². The molecule has 0 bridgehead atoms. The number of hydrogen-bond acceptors (Lipinski definition) is 4. The Morgan fingerprint density at radius 3 is 1.70 bits per heavy atom. The summed E-state index contributed by atoms with van der Waals surface area (Å²) in [7, 11) is 0. The van der Waals surface area contributed by atoms with E-state index in [1.807, 2.05) is 36.5 Å². The van der Waals surface area contributed by atoms with Crippen LogP contribution in [-0.2, 0) is 10.8 Å². The Hall–Kier alpha value is -7.11. The molecule has 0 saturated carbocycles. The lowest BCUT2D eigenvalue weighted by atomic mass is 9.82. The first-order chi connectivity index (χ1) is 29.3. The van der Waals surface area contributed by atoms with Gasteiger partial charge in [-0.3, -0.25) is 9.55 Å². The first-order valence-electron chi connectivity index (χ1n) is 21.0. The van der Waals surface area contributed by atoms with E-state index >= 15 is 0 Å². The molecule has 6 aromatic carbocycles. The molecule has 0 aliphatic heterocycles. The van der Waals surface area contributed by atoms with Crippen molar-refractivity contribution in [1.82, 2.24) is 19.5 Å². The lowest BCUT2D eigenvalue weighted by Crippen LogP contribution is -2.19. The summed E-state index contributed by atoms with van der Waals surface area (Å²) in [4.78, 5) is 15.7. The summed E-state index contributed by atoms with van der Waals surface area (Å²) in [6, 6.07) is 57.4. The van der Waals surface area contributed by atoms with Crippen LogP contribution in [0.25, 0.3) is 84.0 Å². The predicted octanol–water partition coefficient (Wildman–Crippen LogP) is 14.4. The molecule has 5 nitrogen and oxygen atoms in total. The van der Waals surface area contributed by atoms with Crippen molar-refractivity contribution >= 4 is 11.0 Å². The molecule has 61 heavy (non-hydrogen) atoms. The van der Waals surface area contributed by atoms with Gasteiger partial charge in [-0.15, -0.1) is 0 Å². The molecule has 0 fully saturated rings. The summed E-state index contributed by atoms with van der Waals surface area (Å²) < 4.78 is 2.14. The Kier molecular flexibility index (Phi) is 9.99. The van der Waals surface area contributed by atoms with Crippen molar-refractivity contribution in [3.63, 3.8) is 0 Å². The van der Waals surface area contributed by atoms with E-state index < -0.39 is 0 Å². The highest BCUT2D eigenvalue weighted by Crippen LogP contribution is 2.43. The summed E-state index contributed by atoms with van der Waals surface area (Å²) in [5.41, 5.74) is 16.1. The van der Waals surface area contributed by atoms with Gasteiger partial charge in [-0.2, -0.15) is 0 Å². The fourth-order valence-electron chi connectivity index (χ4n) is 8.17. The third kappa shape index (κ3) is 7.64. The predicted molar refractivity (Wildman–Crippen MR) is 253 cm³/mol. The third-order valence-corrected chi connectivity index (χ3v) is 11.5. The van der Waals surface area contributed by atoms with Crippen molar-refractivity contribution in [3.05, 3.63) is 187 Å². The van der Waals surface area contributed by atoms with Crippen LogP contribution in [0.2, 0.25) is 0 Å². The molecule has 0 saturated heterocycles. The molecule has 300 valence electrons. The quantitative estimate of drug-likeness (QED) is 0.175. The van der Waals surface area contributed by atoms with E-state index in [9.17, 15) is 5.11 Å². The number of aromatic nitrogens is 4. The van der Waals surface area contributed by atoms with Crippen LogP contribution in [-0.4, -0.2) is 24.6 Å². The maximum atomic E-state index is 12.1. The minimum absolute atomic E-state index is 0.152. The van der Waals surface area contributed by atoms with Gasteiger partial charge in [0.1, 0.15) is 11.4 Å². The second kappa shape index (κ2) is 15.5. The maximum absolute atomic E-state index is 12.1. The molecule has 5 heteroatoms. The number of imidazole rings is 1. The van der Waals surface area contributed by atoms with Gasteiger partial charge in [0.2, 0.25) is 0 Å². The summed E-state index contributed by atoms with van der Waals surface area (Å²) in [5, 5.41) is 12.1. The molecule has 9 aromatic rings. The number of nitrogens with zero attached hydrogens (tertiary/aromatic N) is 4. The first kappa shape index (κ1) is 39.4. The maximum Gasteiger partial charge on any atom is 0.168 e. The topological polar surface area (TPSA) is 63.8 Å². The summed E-state index contributed by atoms with van der Waals surface area (Å²) in [6.45, 7) is 15.0. The monoisotopic (exact) mass is 794 g/mol. The van der Waals surface area contributed by atoms with Crippen molar-refractivity contribution in [1.29, 1.82) is 0 Å². The smallest absolute Gasteiger partial charge is 0.168 e. The number of fused-ring (bicyclic) bond motifs is 1. The molecule has 0 radical (unpaired) electrons. The van der Waals surface area contributed by atoms with Gasteiger partial charge >= 0.3 is 0 Å². The van der Waals surface area contributed by atoms with Gasteiger partial charge in [-0.05, 0) is 105 Å². The van der Waals surface area contributed by atoms with Crippen LogP contribution in [0, 0.1) is 6.92 Å². The summed E-state index contributed by atoms with van der Waals surface area (Å²) >= 11 is 0. The minimum Gasteiger partial charge on any atom is -0.505 e. The van der Waals surface area contributed by atoms with Gasteiger partial charge in [0.05, 0.1) is 16.7 Å². The minimum atomic E-state index is -0.333. The first-order valence-corrected chi connectivity index (χ1v) is 21.0. The van der Waals surface area contributed by atoms with Crippen molar-refractivity contribution in [2.24, 2.45) is 0 Å². The molecule has 3 aromatic heterocycles. The fourth-order valence-corrected chi connectivity index (χ4v) is 8.17. The highest BCUT2D eigenvalue weighted by Gasteiger charge is 2.30. The van der Waals surface area contributed by atoms with Crippen LogP contribution < -0.4 is 0 Å². The van der Waals surface area contributed by atoms with Crippen LogP contribution >= 0.6 is 0 Å². The lowest BCUT2D eigenvalue weighted by Gasteiger charge is -2.26. The number of pyridine rings is 2. The van der Waals surface area contributed by atoms with E-state index in [1.54, 1.807) is 0 Å². The molecule has 9 rings (SSSR count). The van der Waals surface area contributed by atoms with E-state index in [0.29, 0.717) is 11.5 Å². The molecule has 0 aliphatic rings. The SMILES string of the molecule is Cc1cnc(-c2cc(-c3ccccc3)cc(-c3cccc4c3nc(-c3nc(C(C)(C)C)cc(C(C)(C)C)c3O)n4-c3ccccc3)c2)cc1-c1ccc(-c2ccccc2)cc1. The van der Waals surface area contributed by atoms with Gasteiger partial charge in [-0.25, -0.2) is 9.97 Å². The average molecular weight is 795 g/mol. The van der Waals surface area contributed by atoms with Crippen molar-refractivity contribution in [2.45, 2.75) is 59.3 Å². The fraction of sp³-hybridized carbons (Fsp3) is 0.161. The van der Waals surface area contributed by atoms with Gasteiger partial charge in [0.25, 0.3) is 0 Å². The number of rotatable bonds is 7. The van der Waals surface area contributed by atoms with E-state index in [0.717, 1.165) is 78.2 Å². The highest BCUT2D eigenvalue weighted by atomic mass is 16.3. The Labute approximate surface area is 359 Å². The Balaban J connectivity index is 1.25. The molecule has 0 amide bonds. The molecular formula is C56H50N4O. The molecular weight excluding hydrogens is 745 g/mol. The van der Waals surface area contributed by atoms with Gasteiger partial charge < -0.3 is 5.11 Å². The largest absolute Gasteiger partial charge is 0.505 e. The molecule has 1 N–H and O–H groups in total. The van der Waals surface area contributed by atoms with Gasteiger partial charge in [0, 0.05) is 39.7 Å². The second-order valence-electron chi connectivity index (χ2n) is 18.0. The molecule has 0 unspecified atom stereocenters. The van der Waals surface area contributed by atoms with Gasteiger partial charge in [-0.1, -0.05) is 157 Å². The highest BCUT2D eigenvalue weighted by molar-refractivity contribution is 5.97. The van der Waals surface area contributed by atoms with Crippen molar-refractivity contribution in [2.75, 3.05) is 0 Å². The van der Waals surface area contributed by atoms with Crippen molar-refractivity contribution < 1.29 is 5.11 Å². The summed E-state index contributed by atoms with van der Waals surface area (Å²) in [5.74, 6) is 0.740. The molecule has 0 spiro atoms. The number of benzene rings is 6. The lowest BCUT2D eigenvalue weighted by molar-refractivity contribution is 0.441. The van der Waals surface area contributed by atoms with E-state index in [4.69, 9.17) is 15.0 Å². The van der Waals surface area contributed by atoms with Crippen LogP contribution in [0.5, 0.6) is 5.75 Å². The third-order valence-electron chi connectivity index (χ3n) is 11.5. The van der Waals surface area contributed by atoms with Crippen LogP contribution in [0.1, 0.15) is 58.4 Å². The standard InChI is InChI=1S/C56H50N4O/c1-36-35-57-48(33-46(36)40-28-26-39(27-29-40)37-18-11-8-12-19-37)43-31-41(38-20-13-9-14-21-38)30-42(32-43)45-24-17-25-49-51(45)59-54(60(49)44-22-15-10-16-23-44)52-53(61)47(55(2,3)4)34-50(58-52)56(5,6)7/h8-35,61H,1-7H3. The Morgan fingerprint density at radius 2 is 1.07 bits per heavy atom. The van der Waals surface area contributed by atoms with Crippen LogP contribution in [0.4, 0.5) is 0 Å². The molecule has 3 heterocycles. The zero-order valence-corrected chi connectivity index (χ0v) is 35.9. The zero-order valence-electron chi connectivity index (χ0n) is 35.9. The summed E-state index contributed by atoms with van der Waals surface area (Å²) in [6.07, 6.45) is 1.98. The van der Waals surface area contributed by atoms with E-state index in [1.165, 1.54) is 11.1 Å².